The molecule has 0 radical (unpaired) electrons. The number of nitrogens with one attached hydrogen (secondary N) is 4. The third-order valence-electron chi connectivity index (χ3n) is 7.37. The molecule has 16 heteroatoms. The third-order valence-corrected chi connectivity index (χ3v) is 7.61. The van der Waals surface area contributed by atoms with Gasteiger partial charge in [0.05, 0.1) is 36.7 Å². The van der Waals surface area contributed by atoms with Gasteiger partial charge in [-0.25, -0.2) is 14.7 Å². The number of rotatable bonds is 7. The van der Waals surface area contributed by atoms with Crippen LogP contribution in [0.2, 0.25) is 5.02 Å². The van der Waals surface area contributed by atoms with Crippen molar-refractivity contribution in [1.29, 1.82) is 0 Å². The average molecular weight is 662 g/mol. The van der Waals surface area contributed by atoms with Crippen LogP contribution in [0, 0.1) is 0 Å². The van der Waals surface area contributed by atoms with E-state index in [9.17, 15) is 19.2 Å². The lowest BCUT2D eigenvalue weighted by molar-refractivity contribution is -0.144. The second kappa shape index (κ2) is 15.1. The molecule has 15 nitrogen and oxygen atoms in total. The minimum absolute atomic E-state index is 0.190. The molecule has 2 aromatic heterocycles. The molecule has 2 atom stereocenters. The van der Waals surface area contributed by atoms with Crippen LogP contribution in [0.3, 0.4) is 0 Å². The highest BCUT2D eigenvalue weighted by atomic mass is 35.5. The van der Waals surface area contributed by atoms with Gasteiger partial charge < -0.3 is 20.1 Å². The highest BCUT2D eigenvalue weighted by Crippen LogP contribution is 2.32. The van der Waals surface area contributed by atoms with Crippen molar-refractivity contribution < 1.29 is 23.9 Å². The number of carbonyl (C=O) groups excluding carboxylic acids is 3. The topological polar surface area (TPSA) is 195 Å². The molecule has 4 aromatic rings. The van der Waals surface area contributed by atoms with Gasteiger partial charge in [0.15, 0.2) is 0 Å². The summed E-state index contributed by atoms with van der Waals surface area (Å²) >= 11 is 6.22. The number of halogens is 1. The molecule has 244 valence electrons. The van der Waals surface area contributed by atoms with Gasteiger partial charge in [-0.05, 0) is 72.7 Å². The molecule has 2 unspecified atom stereocenters. The fourth-order valence-electron chi connectivity index (χ4n) is 5.14. The molecule has 0 aliphatic carbocycles. The van der Waals surface area contributed by atoms with Crippen LogP contribution < -0.4 is 21.5 Å². The Kier molecular flexibility index (Phi) is 10.6. The molecule has 4 N–H and O–H groups in total. The van der Waals surface area contributed by atoms with Crippen LogP contribution in [0.4, 0.5) is 16.2 Å². The lowest BCUT2D eigenvalue weighted by Gasteiger charge is -2.23. The van der Waals surface area contributed by atoms with Crippen molar-refractivity contribution in [2.24, 2.45) is 0 Å². The summed E-state index contributed by atoms with van der Waals surface area (Å²) in [5, 5.41) is 27.3. The molecule has 2 aromatic carbocycles. The summed E-state index contributed by atoms with van der Waals surface area (Å²) in [6.07, 6.45) is 5.80. The van der Waals surface area contributed by atoms with E-state index in [2.05, 4.69) is 41.7 Å². The smallest absolute Gasteiger partial charge is 0.411 e. The van der Waals surface area contributed by atoms with E-state index in [0.717, 1.165) is 0 Å². The number of anilines is 2. The van der Waals surface area contributed by atoms with Crippen LogP contribution in [-0.2, 0) is 19.1 Å². The van der Waals surface area contributed by atoms with Crippen molar-refractivity contribution in [2.45, 2.75) is 44.7 Å². The van der Waals surface area contributed by atoms with E-state index in [1.807, 2.05) is 0 Å². The molecule has 5 rings (SSSR count). The van der Waals surface area contributed by atoms with Crippen molar-refractivity contribution >= 4 is 47.0 Å². The fourth-order valence-corrected chi connectivity index (χ4v) is 5.32. The predicted molar refractivity (Wildman–Crippen MR) is 173 cm³/mol. The number of fused-ring (bicyclic) bond motifs is 4. The van der Waals surface area contributed by atoms with E-state index in [0.29, 0.717) is 64.6 Å². The number of hydrogen-bond donors (Lipinski definition) is 4. The average Bonchev–Trinajstić information content (AvgIpc) is 3.60. The summed E-state index contributed by atoms with van der Waals surface area (Å²) in [6, 6.07) is 10.2. The Bertz CT molecular complexity index is 1840. The van der Waals surface area contributed by atoms with E-state index >= 15 is 0 Å². The Morgan fingerprint density at radius 1 is 1.11 bits per heavy atom. The highest BCUT2D eigenvalue weighted by Gasteiger charge is 2.25. The third kappa shape index (κ3) is 8.18. The zero-order valence-electron chi connectivity index (χ0n) is 25.5. The largest absolute Gasteiger partial charge is 0.464 e. The number of esters is 1. The number of ether oxygens (including phenoxy) is 2. The summed E-state index contributed by atoms with van der Waals surface area (Å²) < 4.78 is 11.5. The van der Waals surface area contributed by atoms with Crippen LogP contribution >= 0.6 is 11.6 Å². The van der Waals surface area contributed by atoms with Crippen molar-refractivity contribution in [3.8, 4) is 16.8 Å². The number of hydrogen-bond acceptors (Lipinski definition) is 11. The molecule has 3 heterocycles. The molecule has 0 spiro atoms. The van der Waals surface area contributed by atoms with Crippen molar-refractivity contribution in [3.63, 3.8) is 0 Å². The molecule has 0 saturated carbocycles. The van der Waals surface area contributed by atoms with E-state index in [1.165, 1.54) is 24.2 Å². The van der Waals surface area contributed by atoms with Gasteiger partial charge in [0.2, 0.25) is 5.91 Å². The molecule has 2 bridgehead atoms. The number of methoxy groups -OCH3 is 1. The molecular weight excluding hydrogens is 630 g/mol. The van der Waals surface area contributed by atoms with Crippen LogP contribution in [0.5, 0.6) is 0 Å². The fraction of sp³-hybridized carbons (Fsp3) is 0.290. The second-order valence-corrected chi connectivity index (χ2v) is 10.9. The number of tetrazole rings is 1. The number of benzene rings is 2. The lowest BCUT2D eigenvalue weighted by atomic mass is 9.97. The Hall–Kier alpha value is -5.57. The van der Waals surface area contributed by atoms with Gasteiger partial charge >= 0.3 is 12.1 Å². The first kappa shape index (κ1) is 32.8. The monoisotopic (exact) mass is 661 g/mol. The number of amides is 2. The van der Waals surface area contributed by atoms with Gasteiger partial charge in [0.1, 0.15) is 12.4 Å². The van der Waals surface area contributed by atoms with Crippen molar-refractivity contribution in [2.75, 3.05) is 24.4 Å². The number of nitrogens with zero attached hydrogens (tertiary/aromatic N) is 5. The Balaban J connectivity index is 1.48. The molecule has 0 fully saturated rings. The van der Waals surface area contributed by atoms with Gasteiger partial charge in [-0.2, -0.15) is 9.78 Å². The van der Waals surface area contributed by atoms with Gasteiger partial charge in [-0.15, -0.1) is 5.10 Å². The lowest BCUT2D eigenvalue weighted by Crippen LogP contribution is -2.33. The number of carbonyl (C=O) groups is 3. The van der Waals surface area contributed by atoms with E-state index < -0.39 is 35.6 Å². The summed E-state index contributed by atoms with van der Waals surface area (Å²) in [6.45, 7) is 1.91. The van der Waals surface area contributed by atoms with Crippen LogP contribution in [0.15, 0.2) is 59.7 Å². The molecule has 1 aliphatic rings. The maximum atomic E-state index is 13.3. The van der Waals surface area contributed by atoms with Crippen molar-refractivity contribution in [3.05, 3.63) is 81.5 Å². The SMILES string of the molecule is CCOC(=O)C1CCCCC(NC(=O)C=Cc2cc(Cl)ccc2-n2cnnn2)c2cc(c(=O)[nH]n2)-c2ccc(NC(=O)OC)cc2N1. The maximum absolute atomic E-state index is 13.3. The van der Waals surface area contributed by atoms with E-state index in [1.54, 1.807) is 55.5 Å². The Morgan fingerprint density at radius 3 is 2.70 bits per heavy atom. The molecule has 47 heavy (non-hydrogen) atoms. The van der Waals surface area contributed by atoms with Gasteiger partial charge in [0.25, 0.3) is 5.56 Å². The van der Waals surface area contributed by atoms with Gasteiger partial charge in [-0.1, -0.05) is 30.5 Å². The highest BCUT2D eigenvalue weighted by molar-refractivity contribution is 6.30. The first-order valence-corrected chi connectivity index (χ1v) is 15.2. The summed E-state index contributed by atoms with van der Waals surface area (Å²) in [5.41, 5.74) is 2.64. The number of aromatic amines is 1. The predicted octanol–water partition coefficient (Wildman–Crippen LogP) is 4.03. The zero-order chi connectivity index (χ0) is 33.3. The van der Waals surface area contributed by atoms with E-state index in [4.69, 9.17) is 21.1 Å². The number of aromatic nitrogens is 6. The first-order chi connectivity index (χ1) is 22.7. The summed E-state index contributed by atoms with van der Waals surface area (Å²) in [4.78, 5) is 51.3. The van der Waals surface area contributed by atoms with Crippen LogP contribution in [0.25, 0.3) is 22.9 Å². The van der Waals surface area contributed by atoms with Gasteiger partial charge in [-0.3, -0.25) is 14.9 Å². The summed E-state index contributed by atoms with van der Waals surface area (Å²) in [5.74, 6) is -0.868. The summed E-state index contributed by atoms with van der Waals surface area (Å²) in [7, 11) is 1.24. The van der Waals surface area contributed by atoms with Crippen LogP contribution in [-0.4, -0.2) is 68.1 Å². The molecule has 0 saturated heterocycles. The Labute approximate surface area is 273 Å². The quantitative estimate of drug-likeness (QED) is 0.165. The number of H-pyrrole nitrogens is 1. The van der Waals surface area contributed by atoms with Crippen LogP contribution in [0.1, 0.15) is 49.9 Å². The van der Waals surface area contributed by atoms with Crippen molar-refractivity contribution in [1.82, 2.24) is 35.7 Å². The minimum atomic E-state index is -0.745. The maximum Gasteiger partial charge on any atom is 0.411 e. The standard InChI is InChI=1S/C31H32ClN9O6/c1-3-47-30(44)24-7-5-4-6-23(36-28(42)13-8-18-14-19(32)9-12-27(18)41-17-33-39-40-41)26-16-22(29(43)38-37-26)21-11-10-20(15-25(21)35-24)34-31(45)46-2/h8-17,23-24,35H,3-7H2,1-2H3,(H,34,45)(H,36,42)(H,38,43). The molecule has 2 amide bonds. The van der Waals surface area contributed by atoms with E-state index in [-0.39, 0.29) is 12.2 Å². The van der Waals surface area contributed by atoms with Gasteiger partial charge in [0, 0.05) is 33.6 Å². The normalized spacial score (nSPS) is 16.1. The molecule has 1 aliphatic heterocycles. The second-order valence-electron chi connectivity index (χ2n) is 10.5. The minimum Gasteiger partial charge on any atom is -0.464 e. The Morgan fingerprint density at radius 2 is 1.94 bits per heavy atom. The zero-order valence-corrected chi connectivity index (χ0v) is 26.3. The first-order valence-electron chi connectivity index (χ1n) is 14.8. The molecular formula is C31H32ClN9O6.